The van der Waals surface area contributed by atoms with Crippen LogP contribution in [0, 0.1) is 5.92 Å². The van der Waals surface area contributed by atoms with Crippen molar-refractivity contribution in [2.24, 2.45) is 5.92 Å². The second kappa shape index (κ2) is 2.36. The highest BCUT2D eigenvalue weighted by Crippen LogP contribution is 2.32. The van der Waals surface area contributed by atoms with E-state index in [-0.39, 0.29) is 6.10 Å². The van der Waals surface area contributed by atoms with E-state index < -0.39 is 6.29 Å². The van der Waals surface area contributed by atoms with Crippen molar-refractivity contribution < 1.29 is 9.84 Å². The lowest BCUT2D eigenvalue weighted by Gasteiger charge is -2.17. The van der Waals surface area contributed by atoms with Crippen molar-refractivity contribution in [3.05, 3.63) is 12.2 Å². The SMILES string of the molecule is OC1CC2CCC=CC2O1. The van der Waals surface area contributed by atoms with E-state index in [4.69, 9.17) is 9.84 Å². The molecule has 1 N–H and O–H groups in total. The van der Waals surface area contributed by atoms with Crippen molar-refractivity contribution in [2.45, 2.75) is 31.7 Å². The Balaban J connectivity index is 2.08. The third-order valence-electron chi connectivity index (χ3n) is 2.31. The van der Waals surface area contributed by atoms with Crippen molar-refractivity contribution in [2.75, 3.05) is 0 Å². The highest BCUT2D eigenvalue weighted by Gasteiger charge is 2.33. The number of allylic oxidation sites excluding steroid dienone is 1. The number of hydrogen-bond acceptors (Lipinski definition) is 2. The highest BCUT2D eigenvalue weighted by atomic mass is 16.6. The molecule has 2 nitrogen and oxygen atoms in total. The Kier molecular flexibility index (Phi) is 1.51. The lowest BCUT2D eigenvalue weighted by atomic mass is 9.91. The maximum absolute atomic E-state index is 9.10. The van der Waals surface area contributed by atoms with E-state index in [1.807, 2.05) is 0 Å². The van der Waals surface area contributed by atoms with Gasteiger partial charge in [-0.2, -0.15) is 0 Å². The van der Waals surface area contributed by atoms with Crippen molar-refractivity contribution in [3.8, 4) is 0 Å². The Hall–Kier alpha value is -0.340. The van der Waals surface area contributed by atoms with Gasteiger partial charge in [-0.25, -0.2) is 0 Å². The van der Waals surface area contributed by atoms with Gasteiger partial charge in [-0.15, -0.1) is 0 Å². The molecule has 0 aromatic rings. The van der Waals surface area contributed by atoms with Gasteiger partial charge in [-0.1, -0.05) is 12.2 Å². The smallest absolute Gasteiger partial charge is 0.155 e. The number of ether oxygens (including phenoxy) is 1. The molecule has 0 amide bonds. The Morgan fingerprint density at radius 3 is 3.20 bits per heavy atom. The lowest BCUT2D eigenvalue weighted by Crippen LogP contribution is -2.15. The predicted molar refractivity (Wildman–Crippen MR) is 37.4 cm³/mol. The molecule has 1 aliphatic carbocycles. The van der Waals surface area contributed by atoms with Crippen LogP contribution in [0.2, 0.25) is 0 Å². The lowest BCUT2D eigenvalue weighted by molar-refractivity contribution is -0.0793. The second-order valence-electron chi connectivity index (χ2n) is 3.06. The Labute approximate surface area is 60.5 Å². The van der Waals surface area contributed by atoms with Crippen molar-refractivity contribution in [1.29, 1.82) is 0 Å². The van der Waals surface area contributed by atoms with Crippen LogP contribution in [-0.4, -0.2) is 17.5 Å². The van der Waals surface area contributed by atoms with Crippen LogP contribution in [0.5, 0.6) is 0 Å². The molecule has 0 saturated carbocycles. The van der Waals surface area contributed by atoms with E-state index in [1.54, 1.807) is 0 Å². The van der Waals surface area contributed by atoms with Crippen LogP contribution < -0.4 is 0 Å². The predicted octanol–water partition coefficient (Wildman–Crippen LogP) is 1.06. The summed E-state index contributed by atoms with van der Waals surface area (Å²) in [5.74, 6) is 0.583. The average Bonchev–Trinajstić information content (AvgIpc) is 2.27. The molecule has 3 unspecified atom stereocenters. The first-order valence-electron chi connectivity index (χ1n) is 3.86. The van der Waals surface area contributed by atoms with Gasteiger partial charge in [0, 0.05) is 6.42 Å². The summed E-state index contributed by atoms with van der Waals surface area (Å²) in [4.78, 5) is 0. The van der Waals surface area contributed by atoms with E-state index in [9.17, 15) is 0 Å². The molecule has 2 rings (SSSR count). The number of rotatable bonds is 0. The third-order valence-corrected chi connectivity index (χ3v) is 2.31. The molecule has 56 valence electrons. The van der Waals surface area contributed by atoms with Crippen molar-refractivity contribution in [3.63, 3.8) is 0 Å². The Morgan fingerprint density at radius 1 is 1.50 bits per heavy atom. The van der Waals surface area contributed by atoms with Gasteiger partial charge in [0.1, 0.15) is 0 Å². The van der Waals surface area contributed by atoms with Crippen molar-refractivity contribution >= 4 is 0 Å². The maximum atomic E-state index is 9.10. The zero-order chi connectivity index (χ0) is 6.97. The van der Waals surface area contributed by atoms with E-state index >= 15 is 0 Å². The summed E-state index contributed by atoms with van der Waals surface area (Å²) < 4.78 is 5.23. The molecule has 3 atom stereocenters. The summed E-state index contributed by atoms with van der Waals surface area (Å²) in [7, 11) is 0. The van der Waals surface area contributed by atoms with Crippen LogP contribution >= 0.6 is 0 Å². The molecule has 1 aliphatic heterocycles. The fourth-order valence-corrected chi connectivity index (χ4v) is 1.77. The van der Waals surface area contributed by atoms with Gasteiger partial charge in [0.2, 0.25) is 0 Å². The first kappa shape index (κ1) is 6.38. The fraction of sp³-hybridized carbons (Fsp3) is 0.750. The Bertz CT molecular complexity index is 153. The largest absolute Gasteiger partial charge is 0.368 e. The van der Waals surface area contributed by atoms with Crippen molar-refractivity contribution in [1.82, 2.24) is 0 Å². The van der Waals surface area contributed by atoms with Crippen LogP contribution in [0.1, 0.15) is 19.3 Å². The topological polar surface area (TPSA) is 29.5 Å². The van der Waals surface area contributed by atoms with Crippen LogP contribution in [-0.2, 0) is 4.74 Å². The minimum Gasteiger partial charge on any atom is -0.368 e. The van der Waals surface area contributed by atoms with Gasteiger partial charge < -0.3 is 9.84 Å². The number of aliphatic hydroxyl groups excluding tert-OH is 1. The number of fused-ring (bicyclic) bond motifs is 1. The monoisotopic (exact) mass is 140 g/mol. The summed E-state index contributed by atoms with van der Waals surface area (Å²) in [6.45, 7) is 0. The molecule has 2 aliphatic rings. The number of hydrogen-bond donors (Lipinski definition) is 1. The van der Waals surface area contributed by atoms with Gasteiger partial charge in [0.25, 0.3) is 0 Å². The molecule has 0 aromatic carbocycles. The average molecular weight is 140 g/mol. The summed E-state index contributed by atoms with van der Waals surface area (Å²) in [5, 5.41) is 9.10. The first-order chi connectivity index (χ1) is 4.86. The fourth-order valence-electron chi connectivity index (χ4n) is 1.77. The van der Waals surface area contributed by atoms with Gasteiger partial charge in [-0.3, -0.25) is 0 Å². The zero-order valence-corrected chi connectivity index (χ0v) is 5.86. The molecule has 2 heteroatoms. The van der Waals surface area contributed by atoms with E-state index in [1.165, 1.54) is 6.42 Å². The van der Waals surface area contributed by atoms with Crippen LogP contribution in [0.15, 0.2) is 12.2 Å². The third kappa shape index (κ3) is 0.976. The standard InChI is InChI=1S/C8H12O2/c9-8-5-6-3-1-2-4-7(6)10-8/h2,4,6-9H,1,3,5H2. The summed E-state index contributed by atoms with van der Waals surface area (Å²) in [6, 6.07) is 0. The first-order valence-corrected chi connectivity index (χ1v) is 3.86. The number of aliphatic hydroxyl groups is 1. The minimum atomic E-state index is -0.502. The van der Waals surface area contributed by atoms with Gasteiger partial charge >= 0.3 is 0 Å². The van der Waals surface area contributed by atoms with E-state index in [0.29, 0.717) is 5.92 Å². The summed E-state index contributed by atoms with van der Waals surface area (Å²) >= 11 is 0. The molecule has 0 bridgehead atoms. The molecular weight excluding hydrogens is 128 g/mol. The Morgan fingerprint density at radius 2 is 2.40 bits per heavy atom. The molecule has 1 fully saturated rings. The molecule has 0 radical (unpaired) electrons. The normalized spacial score (nSPS) is 45.5. The zero-order valence-electron chi connectivity index (χ0n) is 5.86. The maximum Gasteiger partial charge on any atom is 0.155 e. The van der Waals surface area contributed by atoms with E-state index in [0.717, 1.165) is 12.8 Å². The molecule has 1 saturated heterocycles. The van der Waals surface area contributed by atoms with Gasteiger partial charge in [-0.05, 0) is 18.8 Å². The molecule has 0 spiro atoms. The van der Waals surface area contributed by atoms with Gasteiger partial charge in [0.15, 0.2) is 6.29 Å². The summed E-state index contributed by atoms with van der Waals surface area (Å²) in [6.07, 6.45) is 7.08. The van der Waals surface area contributed by atoms with Gasteiger partial charge in [0.05, 0.1) is 6.10 Å². The van der Waals surface area contributed by atoms with Crippen LogP contribution in [0.3, 0.4) is 0 Å². The summed E-state index contributed by atoms with van der Waals surface area (Å²) in [5.41, 5.74) is 0. The quantitative estimate of drug-likeness (QED) is 0.510. The van der Waals surface area contributed by atoms with E-state index in [2.05, 4.69) is 12.2 Å². The second-order valence-corrected chi connectivity index (χ2v) is 3.06. The van der Waals surface area contributed by atoms with Crippen LogP contribution in [0.25, 0.3) is 0 Å². The molecule has 1 heterocycles. The van der Waals surface area contributed by atoms with Crippen LogP contribution in [0.4, 0.5) is 0 Å². The molecule has 0 aromatic heterocycles. The minimum absolute atomic E-state index is 0.212. The molecular formula is C8H12O2. The highest BCUT2D eigenvalue weighted by molar-refractivity contribution is 5.01. The molecule has 10 heavy (non-hydrogen) atoms.